The summed E-state index contributed by atoms with van der Waals surface area (Å²) in [5, 5.41) is 3.16. The molecule has 0 amide bonds. The molecule has 0 radical (unpaired) electrons. The monoisotopic (exact) mass is 261 g/mol. The Morgan fingerprint density at radius 3 is 2.17 bits per heavy atom. The van der Waals surface area contributed by atoms with Gasteiger partial charge in [-0.05, 0) is 36.9 Å². The zero-order valence-electron chi connectivity index (χ0n) is 10.3. The molecule has 0 aliphatic rings. The summed E-state index contributed by atoms with van der Waals surface area (Å²) in [7, 11) is 1.90. The van der Waals surface area contributed by atoms with Gasteiger partial charge in [-0.1, -0.05) is 30.3 Å². The fourth-order valence-electron chi connectivity index (χ4n) is 1.73. The molecule has 1 N–H and O–H groups in total. The van der Waals surface area contributed by atoms with E-state index in [-0.39, 0.29) is 6.04 Å². The maximum atomic E-state index is 5.88. The van der Waals surface area contributed by atoms with Crippen molar-refractivity contribution in [2.24, 2.45) is 0 Å². The van der Waals surface area contributed by atoms with Crippen LogP contribution in [0.4, 0.5) is 0 Å². The standard InChI is InChI=1S/C15H16ClNO/c1-17-15(11-16)12-7-9-14(10-8-12)18-13-5-3-2-4-6-13/h2-10,15,17H,11H2,1H3. The number of para-hydroxylation sites is 1. The van der Waals surface area contributed by atoms with Crippen molar-refractivity contribution < 1.29 is 4.74 Å². The first-order valence-corrected chi connectivity index (χ1v) is 6.43. The fourth-order valence-corrected chi connectivity index (χ4v) is 2.06. The van der Waals surface area contributed by atoms with Crippen molar-refractivity contribution in [3.05, 3.63) is 60.2 Å². The zero-order valence-corrected chi connectivity index (χ0v) is 11.0. The molecule has 3 heteroatoms. The lowest BCUT2D eigenvalue weighted by molar-refractivity contribution is 0.482. The first-order chi connectivity index (χ1) is 8.83. The van der Waals surface area contributed by atoms with Gasteiger partial charge in [-0.25, -0.2) is 0 Å². The molecule has 1 unspecified atom stereocenters. The fraction of sp³-hybridized carbons (Fsp3) is 0.200. The van der Waals surface area contributed by atoms with Crippen LogP contribution in [0, 0.1) is 0 Å². The van der Waals surface area contributed by atoms with Gasteiger partial charge in [0.05, 0.1) is 0 Å². The largest absolute Gasteiger partial charge is 0.457 e. The van der Waals surface area contributed by atoms with Gasteiger partial charge >= 0.3 is 0 Å². The molecule has 2 aromatic carbocycles. The van der Waals surface area contributed by atoms with Gasteiger partial charge < -0.3 is 10.1 Å². The van der Waals surface area contributed by atoms with Crippen molar-refractivity contribution in [3.63, 3.8) is 0 Å². The van der Waals surface area contributed by atoms with Gasteiger partial charge in [0.15, 0.2) is 0 Å². The van der Waals surface area contributed by atoms with E-state index in [1.807, 2.05) is 61.6 Å². The molecule has 18 heavy (non-hydrogen) atoms. The number of alkyl halides is 1. The highest BCUT2D eigenvalue weighted by molar-refractivity contribution is 6.18. The highest BCUT2D eigenvalue weighted by atomic mass is 35.5. The summed E-state index contributed by atoms with van der Waals surface area (Å²) in [4.78, 5) is 0. The van der Waals surface area contributed by atoms with E-state index in [2.05, 4.69) is 5.32 Å². The lowest BCUT2D eigenvalue weighted by atomic mass is 10.1. The highest BCUT2D eigenvalue weighted by Gasteiger charge is 2.07. The number of hydrogen-bond donors (Lipinski definition) is 1. The summed E-state index contributed by atoms with van der Waals surface area (Å²) < 4.78 is 5.73. The molecule has 2 aromatic rings. The Morgan fingerprint density at radius 2 is 1.61 bits per heavy atom. The molecule has 0 aliphatic heterocycles. The highest BCUT2D eigenvalue weighted by Crippen LogP contribution is 2.23. The van der Waals surface area contributed by atoms with Crippen molar-refractivity contribution in [1.82, 2.24) is 5.32 Å². The predicted molar refractivity (Wildman–Crippen MR) is 75.5 cm³/mol. The molecule has 0 heterocycles. The first-order valence-electron chi connectivity index (χ1n) is 5.89. The molecule has 0 fully saturated rings. The van der Waals surface area contributed by atoms with Crippen molar-refractivity contribution in [2.45, 2.75) is 6.04 Å². The van der Waals surface area contributed by atoms with Gasteiger partial charge in [0.1, 0.15) is 11.5 Å². The van der Waals surface area contributed by atoms with Gasteiger partial charge in [-0.2, -0.15) is 0 Å². The molecular weight excluding hydrogens is 246 g/mol. The first kappa shape index (κ1) is 12.9. The van der Waals surface area contributed by atoms with Crippen molar-refractivity contribution in [3.8, 4) is 11.5 Å². The smallest absolute Gasteiger partial charge is 0.127 e. The molecule has 0 saturated carbocycles. The summed E-state index contributed by atoms with van der Waals surface area (Å²) in [5.74, 6) is 2.22. The maximum Gasteiger partial charge on any atom is 0.127 e. The number of hydrogen-bond acceptors (Lipinski definition) is 2. The lowest BCUT2D eigenvalue weighted by Crippen LogP contribution is -2.17. The minimum Gasteiger partial charge on any atom is -0.457 e. The molecular formula is C15H16ClNO. The van der Waals surface area contributed by atoms with Crippen LogP contribution < -0.4 is 10.1 Å². The molecule has 94 valence electrons. The van der Waals surface area contributed by atoms with E-state index in [9.17, 15) is 0 Å². The molecule has 2 nitrogen and oxygen atoms in total. The minimum absolute atomic E-state index is 0.178. The van der Waals surface area contributed by atoms with Gasteiger partial charge in [0.25, 0.3) is 0 Å². The van der Waals surface area contributed by atoms with Crippen molar-refractivity contribution in [2.75, 3.05) is 12.9 Å². The maximum absolute atomic E-state index is 5.88. The van der Waals surface area contributed by atoms with Gasteiger partial charge in [0, 0.05) is 11.9 Å². The SMILES string of the molecule is CNC(CCl)c1ccc(Oc2ccccc2)cc1. The quantitative estimate of drug-likeness (QED) is 0.822. The topological polar surface area (TPSA) is 21.3 Å². The van der Waals surface area contributed by atoms with Crippen LogP contribution in [0.25, 0.3) is 0 Å². The summed E-state index contributed by atoms with van der Waals surface area (Å²) in [5.41, 5.74) is 1.16. The number of rotatable bonds is 5. The average molecular weight is 262 g/mol. The normalized spacial score (nSPS) is 12.1. The number of nitrogens with one attached hydrogen (secondary N) is 1. The van der Waals surface area contributed by atoms with E-state index in [1.54, 1.807) is 0 Å². The summed E-state index contributed by atoms with van der Waals surface area (Å²) >= 11 is 5.88. The van der Waals surface area contributed by atoms with Crippen LogP contribution in [-0.4, -0.2) is 12.9 Å². The second kappa shape index (κ2) is 6.43. The van der Waals surface area contributed by atoms with E-state index < -0.39 is 0 Å². The summed E-state index contributed by atoms with van der Waals surface area (Å²) in [6.45, 7) is 0. The van der Waals surface area contributed by atoms with Gasteiger partial charge in [0.2, 0.25) is 0 Å². The second-order valence-corrected chi connectivity index (χ2v) is 4.29. The third-order valence-electron chi connectivity index (χ3n) is 2.76. The van der Waals surface area contributed by atoms with E-state index in [4.69, 9.17) is 16.3 Å². The Hall–Kier alpha value is -1.51. The molecule has 0 aromatic heterocycles. The van der Waals surface area contributed by atoms with E-state index in [0.29, 0.717) is 5.88 Å². The number of ether oxygens (including phenoxy) is 1. The van der Waals surface area contributed by atoms with Crippen LogP contribution in [0.1, 0.15) is 11.6 Å². The van der Waals surface area contributed by atoms with Crippen LogP contribution in [-0.2, 0) is 0 Å². The van der Waals surface area contributed by atoms with E-state index >= 15 is 0 Å². The predicted octanol–water partition coefficient (Wildman–Crippen LogP) is 3.98. The van der Waals surface area contributed by atoms with Crippen molar-refractivity contribution in [1.29, 1.82) is 0 Å². The Balaban J connectivity index is 2.08. The number of halogens is 1. The van der Waals surface area contributed by atoms with Crippen LogP contribution in [0.15, 0.2) is 54.6 Å². The lowest BCUT2D eigenvalue weighted by Gasteiger charge is -2.13. The van der Waals surface area contributed by atoms with Crippen molar-refractivity contribution >= 4 is 11.6 Å². The van der Waals surface area contributed by atoms with Crippen LogP contribution >= 0.6 is 11.6 Å². The molecule has 0 saturated heterocycles. The zero-order chi connectivity index (χ0) is 12.8. The summed E-state index contributed by atoms with van der Waals surface area (Å²) in [6.07, 6.45) is 0. The third kappa shape index (κ3) is 3.25. The number of benzene rings is 2. The molecule has 1 atom stereocenters. The van der Waals surface area contributed by atoms with E-state index in [1.165, 1.54) is 0 Å². The third-order valence-corrected chi connectivity index (χ3v) is 3.07. The molecule has 2 rings (SSSR count). The molecule has 0 aliphatic carbocycles. The van der Waals surface area contributed by atoms with Crippen LogP contribution in [0.3, 0.4) is 0 Å². The second-order valence-electron chi connectivity index (χ2n) is 3.98. The summed E-state index contributed by atoms with van der Waals surface area (Å²) in [6, 6.07) is 17.9. The average Bonchev–Trinajstić information content (AvgIpc) is 2.43. The Morgan fingerprint density at radius 1 is 1.00 bits per heavy atom. The van der Waals surface area contributed by atoms with Crippen LogP contribution in [0.5, 0.6) is 11.5 Å². The van der Waals surface area contributed by atoms with Crippen LogP contribution in [0.2, 0.25) is 0 Å². The Bertz CT molecular complexity index is 466. The van der Waals surface area contributed by atoms with E-state index in [0.717, 1.165) is 17.1 Å². The molecule has 0 bridgehead atoms. The van der Waals surface area contributed by atoms with Gasteiger partial charge in [-0.3, -0.25) is 0 Å². The Labute approximate surface area is 113 Å². The Kier molecular flexibility index (Phi) is 4.62. The molecule has 0 spiro atoms. The van der Waals surface area contributed by atoms with Gasteiger partial charge in [-0.15, -0.1) is 11.6 Å². The minimum atomic E-state index is 0.178.